The van der Waals surface area contributed by atoms with Gasteiger partial charge in [0.15, 0.2) is 0 Å². The monoisotopic (exact) mass is 523 g/mol. The van der Waals surface area contributed by atoms with Crippen LogP contribution in [0.4, 0.5) is 0 Å². The Kier molecular flexibility index (Phi) is 10.1. The van der Waals surface area contributed by atoms with E-state index < -0.39 is 4.75 Å². The highest BCUT2D eigenvalue weighted by molar-refractivity contribution is 8.01. The van der Waals surface area contributed by atoms with Crippen LogP contribution in [0.2, 0.25) is 0 Å². The summed E-state index contributed by atoms with van der Waals surface area (Å²) >= 11 is 1.63. The fraction of sp³-hybridized carbons (Fsp3) is 0.188. The lowest BCUT2D eigenvalue weighted by Gasteiger charge is -2.35. The highest BCUT2D eigenvalue weighted by Gasteiger charge is 2.37. The minimum Gasteiger partial charge on any atom is -0.354 e. The molecule has 194 valence electrons. The Morgan fingerprint density at radius 3 is 1.45 bits per heavy atom. The summed E-state index contributed by atoms with van der Waals surface area (Å²) in [6.45, 7) is 2.29. The van der Waals surface area contributed by atoms with Crippen LogP contribution in [0, 0.1) is 0 Å². The van der Waals surface area contributed by atoms with E-state index in [2.05, 4.69) is 52.3 Å². The van der Waals surface area contributed by atoms with Gasteiger partial charge in [-0.3, -0.25) is 9.59 Å². The first-order chi connectivity index (χ1) is 18.7. The maximum absolute atomic E-state index is 12.9. The molecule has 0 unspecified atom stereocenters. The van der Waals surface area contributed by atoms with E-state index in [1.165, 1.54) is 0 Å². The topological polar surface area (TPSA) is 70.2 Å². The second kappa shape index (κ2) is 14.2. The predicted molar refractivity (Wildman–Crippen MR) is 156 cm³/mol. The van der Waals surface area contributed by atoms with Gasteiger partial charge in [0, 0.05) is 31.7 Å². The van der Waals surface area contributed by atoms with E-state index in [9.17, 15) is 9.59 Å². The summed E-state index contributed by atoms with van der Waals surface area (Å²) in [4.78, 5) is 25.0. The van der Waals surface area contributed by atoms with E-state index in [-0.39, 0.29) is 11.8 Å². The van der Waals surface area contributed by atoms with Crippen molar-refractivity contribution in [3.63, 3.8) is 0 Å². The van der Waals surface area contributed by atoms with Crippen LogP contribution in [0.25, 0.3) is 0 Å². The standard InChI is InChI=1S/C32H33N3O2S/c36-30(34-23-21-33-22-24-35-31(37)26-13-5-1-6-14-26)25-38-32(27-15-7-2-8-16-27,28-17-9-3-10-18-28)29-19-11-4-12-20-29/h1-20,33H,21-25H2,(H,34,36)(H,35,37). The van der Waals surface area contributed by atoms with Crippen LogP contribution in [0.15, 0.2) is 121 Å². The molecule has 0 fully saturated rings. The summed E-state index contributed by atoms with van der Waals surface area (Å²) < 4.78 is -0.518. The van der Waals surface area contributed by atoms with E-state index in [1.807, 2.05) is 72.8 Å². The minimum atomic E-state index is -0.518. The summed E-state index contributed by atoms with van der Waals surface area (Å²) in [7, 11) is 0. The van der Waals surface area contributed by atoms with Crippen molar-refractivity contribution in [2.45, 2.75) is 4.75 Å². The van der Waals surface area contributed by atoms with Crippen molar-refractivity contribution in [1.29, 1.82) is 0 Å². The molecule has 38 heavy (non-hydrogen) atoms. The molecule has 0 spiro atoms. The van der Waals surface area contributed by atoms with E-state index in [1.54, 1.807) is 23.9 Å². The van der Waals surface area contributed by atoms with Gasteiger partial charge in [-0.25, -0.2) is 0 Å². The number of thioether (sulfide) groups is 1. The summed E-state index contributed by atoms with van der Waals surface area (Å²) in [5.41, 5.74) is 4.05. The van der Waals surface area contributed by atoms with E-state index >= 15 is 0 Å². The Bertz CT molecular complexity index is 1170. The molecular formula is C32H33N3O2S. The molecule has 6 heteroatoms. The maximum Gasteiger partial charge on any atom is 0.251 e. The average molecular weight is 524 g/mol. The van der Waals surface area contributed by atoms with Crippen molar-refractivity contribution >= 4 is 23.6 Å². The Balaban J connectivity index is 1.32. The summed E-state index contributed by atoms with van der Waals surface area (Å²) in [6.07, 6.45) is 0. The van der Waals surface area contributed by atoms with Gasteiger partial charge in [0.25, 0.3) is 5.91 Å². The predicted octanol–water partition coefficient (Wildman–Crippen LogP) is 4.85. The van der Waals surface area contributed by atoms with Crippen molar-refractivity contribution in [3.05, 3.63) is 144 Å². The molecule has 0 atom stereocenters. The fourth-order valence-electron chi connectivity index (χ4n) is 4.36. The van der Waals surface area contributed by atoms with Gasteiger partial charge < -0.3 is 16.0 Å². The van der Waals surface area contributed by atoms with E-state index in [4.69, 9.17) is 0 Å². The van der Waals surface area contributed by atoms with Crippen LogP contribution < -0.4 is 16.0 Å². The van der Waals surface area contributed by atoms with Crippen LogP contribution in [0.1, 0.15) is 27.0 Å². The SMILES string of the molecule is O=C(CSC(c1ccccc1)(c1ccccc1)c1ccccc1)NCCNCCNC(=O)c1ccccc1. The molecule has 0 aliphatic heterocycles. The molecule has 0 aliphatic rings. The molecule has 2 amide bonds. The fourth-order valence-corrected chi connectivity index (χ4v) is 5.72. The van der Waals surface area contributed by atoms with Gasteiger partial charge in [-0.1, -0.05) is 109 Å². The second-order valence-corrected chi connectivity index (χ2v) is 9.98. The van der Waals surface area contributed by atoms with Crippen LogP contribution in [-0.2, 0) is 9.54 Å². The molecule has 0 aromatic heterocycles. The van der Waals surface area contributed by atoms with Gasteiger partial charge in [0.1, 0.15) is 0 Å². The van der Waals surface area contributed by atoms with Crippen LogP contribution in [0.5, 0.6) is 0 Å². The Morgan fingerprint density at radius 2 is 0.974 bits per heavy atom. The zero-order valence-corrected chi connectivity index (χ0v) is 22.1. The molecule has 4 aromatic rings. The Labute approximate surface area is 229 Å². The van der Waals surface area contributed by atoms with Crippen LogP contribution >= 0.6 is 11.8 Å². The first kappa shape index (κ1) is 27.2. The largest absolute Gasteiger partial charge is 0.354 e. The smallest absolute Gasteiger partial charge is 0.251 e. The Morgan fingerprint density at radius 1 is 0.553 bits per heavy atom. The molecular weight excluding hydrogens is 490 g/mol. The third-order valence-electron chi connectivity index (χ3n) is 6.21. The van der Waals surface area contributed by atoms with Gasteiger partial charge >= 0.3 is 0 Å². The van der Waals surface area contributed by atoms with Gasteiger partial charge in [-0.05, 0) is 28.8 Å². The average Bonchev–Trinajstić information content (AvgIpc) is 2.99. The van der Waals surface area contributed by atoms with E-state index in [0.29, 0.717) is 37.5 Å². The number of nitrogens with one attached hydrogen (secondary N) is 3. The number of hydrogen-bond donors (Lipinski definition) is 3. The summed E-state index contributed by atoms with van der Waals surface area (Å²) in [5.74, 6) is 0.212. The van der Waals surface area contributed by atoms with Crippen LogP contribution in [0.3, 0.4) is 0 Å². The summed E-state index contributed by atoms with van der Waals surface area (Å²) in [5, 5.41) is 9.18. The van der Waals surface area contributed by atoms with Crippen molar-refractivity contribution in [3.8, 4) is 0 Å². The number of amides is 2. The molecule has 3 N–H and O–H groups in total. The molecule has 0 saturated carbocycles. The molecule has 4 aromatic carbocycles. The first-order valence-electron chi connectivity index (χ1n) is 12.8. The van der Waals surface area contributed by atoms with Gasteiger partial charge in [-0.15, -0.1) is 11.8 Å². The van der Waals surface area contributed by atoms with Crippen molar-refractivity contribution in [2.24, 2.45) is 0 Å². The number of carbonyl (C=O) groups is 2. The lowest BCUT2D eigenvalue weighted by atomic mass is 9.84. The highest BCUT2D eigenvalue weighted by atomic mass is 32.2. The molecule has 0 radical (unpaired) electrons. The normalized spacial score (nSPS) is 11.1. The van der Waals surface area contributed by atoms with Crippen molar-refractivity contribution in [1.82, 2.24) is 16.0 Å². The lowest BCUT2D eigenvalue weighted by molar-refractivity contribution is -0.118. The maximum atomic E-state index is 12.9. The zero-order valence-electron chi connectivity index (χ0n) is 21.3. The number of rotatable bonds is 13. The highest BCUT2D eigenvalue weighted by Crippen LogP contribution is 2.48. The van der Waals surface area contributed by atoms with Gasteiger partial charge in [0.05, 0.1) is 10.5 Å². The minimum absolute atomic E-state index is 0.0126. The molecule has 0 heterocycles. The van der Waals surface area contributed by atoms with Crippen molar-refractivity contribution in [2.75, 3.05) is 31.9 Å². The quantitative estimate of drug-likeness (QED) is 0.173. The molecule has 0 saturated heterocycles. The van der Waals surface area contributed by atoms with E-state index in [0.717, 1.165) is 16.7 Å². The molecule has 0 bridgehead atoms. The van der Waals surface area contributed by atoms with Crippen LogP contribution in [-0.4, -0.2) is 43.7 Å². The molecule has 4 rings (SSSR count). The third kappa shape index (κ3) is 7.12. The van der Waals surface area contributed by atoms with Crippen molar-refractivity contribution < 1.29 is 9.59 Å². The molecule has 5 nitrogen and oxygen atoms in total. The number of hydrogen-bond acceptors (Lipinski definition) is 4. The number of carbonyl (C=O) groups excluding carboxylic acids is 2. The van der Waals surface area contributed by atoms with Gasteiger partial charge in [-0.2, -0.15) is 0 Å². The first-order valence-corrected chi connectivity index (χ1v) is 13.8. The lowest BCUT2D eigenvalue weighted by Crippen LogP contribution is -2.37. The Hall–Kier alpha value is -3.87. The summed E-state index contributed by atoms with van der Waals surface area (Å²) in [6, 6.07) is 40.3. The second-order valence-electron chi connectivity index (χ2n) is 8.79. The zero-order chi connectivity index (χ0) is 26.5. The number of benzene rings is 4. The van der Waals surface area contributed by atoms with Gasteiger partial charge in [0.2, 0.25) is 5.91 Å². The molecule has 0 aliphatic carbocycles. The third-order valence-corrected chi connectivity index (χ3v) is 7.75.